The standard InChI is InChI=1S/C11H21NO/c1-11(6-2-8-13-11)9-12-7-5-10-3-4-10/h10,12H,2-9H2,1H3. The van der Waals surface area contributed by atoms with Crippen molar-refractivity contribution in [2.45, 2.75) is 44.6 Å². The Morgan fingerprint density at radius 1 is 1.46 bits per heavy atom. The first-order valence-electron chi connectivity index (χ1n) is 5.63. The topological polar surface area (TPSA) is 21.3 Å². The Hall–Kier alpha value is -0.0800. The minimum Gasteiger partial charge on any atom is -0.374 e. The van der Waals surface area contributed by atoms with Crippen LogP contribution in [0, 0.1) is 5.92 Å². The summed E-state index contributed by atoms with van der Waals surface area (Å²) in [6.45, 7) is 5.41. The fourth-order valence-electron chi connectivity index (χ4n) is 2.04. The lowest BCUT2D eigenvalue weighted by atomic mass is 10.0. The zero-order chi connectivity index (χ0) is 9.15. The molecule has 1 N–H and O–H groups in total. The highest BCUT2D eigenvalue weighted by Crippen LogP contribution is 2.31. The van der Waals surface area contributed by atoms with Crippen molar-refractivity contribution in [2.24, 2.45) is 5.92 Å². The maximum Gasteiger partial charge on any atom is 0.0779 e. The Labute approximate surface area is 81.0 Å². The predicted molar refractivity (Wildman–Crippen MR) is 53.8 cm³/mol. The van der Waals surface area contributed by atoms with Gasteiger partial charge in [0.1, 0.15) is 0 Å². The van der Waals surface area contributed by atoms with Crippen LogP contribution in [0.2, 0.25) is 0 Å². The van der Waals surface area contributed by atoms with E-state index in [9.17, 15) is 0 Å². The van der Waals surface area contributed by atoms with Gasteiger partial charge in [0, 0.05) is 13.2 Å². The van der Waals surface area contributed by atoms with E-state index in [-0.39, 0.29) is 5.60 Å². The minimum atomic E-state index is 0.142. The number of ether oxygens (including phenoxy) is 1. The molecule has 1 unspecified atom stereocenters. The smallest absolute Gasteiger partial charge is 0.0779 e. The summed E-state index contributed by atoms with van der Waals surface area (Å²) in [7, 11) is 0. The fourth-order valence-corrected chi connectivity index (χ4v) is 2.04. The molecule has 2 heteroatoms. The summed E-state index contributed by atoms with van der Waals surface area (Å²) < 4.78 is 5.70. The summed E-state index contributed by atoms with van der Waals surface area (Å²) in [6.07, 6.45) is 6.77. The van der Waals surface area contributed by atoms with Crippen molar-refractivity contribution in [3.05, 3.63) is 0 Å². The second kappa shape index (κ2) is 3.97. The Morgan fingerprint density at radius 2 is 2.31 bits per heavy atom. The van der Waals surface area contributed by atoms with Gasteiger partial charge in [0.05, 0.1) is 5.60 Å². The van der Waals surface area contributed by atoms with Crippen LogP contribution in [0.25, 0.3) is 0 Å². The zero-order valence-corrected chi connectivity index (χ0v) is 8.64. The maximum atomic E-state index is 5.70. The predicted octanol–water partition coefficient (Wildman–Crippen LogP) is 1.95. The quantitative estimate of drug-likeness (QED) is 0.658. The van der Waals surface area contributed by atoms with Gasteiger partial charge in [-0.25, -0.2) is 0 Å². The summed E-state index contributed by atoms with van der Waals surface area (Å²) in [6, 6.07) is 0. The third-order valence-electron chi connectivity index (χ3n) is 3.23. The maximum absolute atomic E-state index is 5.70. The van der Waals surface area contributed by atoms with E-state index in [1.165, 1.54) is 38.6 Å². The van der Waals surface area contributed by atoms with Crippen LogP contribution in [-0.4, -0.2) is 25.3 Å². The van der Waals surface area contributed by atoms with Crippen LogP contribution in [0.5, 0.6) is 0 Å². The second-order valence-corrected chi connectivity index (χ2v) is 4.81. The molecular formula is C11H21NO. The molecule has 2 nitrogen and oxygen atoms in total. The normalized spacial score (nSPS) is 33.9. The van der Waals surface area contributed by atoms with Gasteiger partial charge >= 0.3 is 0 Å². The second-order valence-electron chi connectivity index (χ2n) is 4.81. The van der Waals surface area contributed by atoms with Gasteiger partial charge in [-0.15, -0.1) is 0 Å². The van der Waals surface area contributed by atoms with E-state index in [0.717, 1.165) is 19.1 Å². The Kier molecular flexibility index (Phi) is 2.89. The molecule has 0 aromatic carbocycles. The fraction of sp³-hybridized carbons (Fsp3) is 1.00. The van der Waals surface area contributed by atoms with Crippen LogP contribution in [0.4, 0.5) is 0 Å². The number of rotatable bonds is 5. The van der Waals surface area contributed by atoms with E-state index in [4.69, 9.17) is 4.74 Å². The van der Waals surface area contributed by atoms with Crippen LogP contribution in [0.15, 0.2) is 0 Å². The first-order chi connectivity index (χ1) is 6.29. The van der Waals surface area contributed by atoms with E-state index < -0.39 is 0 Å². The highest BCUT2D eigenvalue weighted by molar-refractivity contribution is 4.83. The van der Waals surface area contributed by atoms with Crippen molar-refractivity contribution >= 4 is 0 Å². The lowest BCUT2D eigenvalue weighted by Crippen LogP contribution is -2.37. The van der Waals surface area contributed by atoms with Gasteiger partial charge < -0.3 is 10.1 Å². The molecule has 2 aliphatic rings. The molecular weight excluding hydrogens is 162 g/mol. The average Bonchev–Trinajstić information content (AvgIpc) is 2.84. The summed E-state index contributed by atoms with van der Waals surface area (Å²) in [5.41, 5.74) is 0.142. The molecule has 1 heterocycles. The van der Waals surface area contributed by atoms with Crippen LogP contribution in [0.3, 0.4) is 0 Å². The molecule has 2 fully saturated rings. The Balaban J connectivity index is 1.55. The molecule has 13 heavy (non-hydrogen) atoms. The molecule has 0 radical (unpaired) electrons. The summed E-state index contributed by atoms with van der Waals surface area (Å²) in [4.78, 5) is 0. The third kappa shape index (κ3) is 2.96. The van der Waals surface area contributed by atoms with Crippen LogP contribution >= 0.6 is 0 Å². The van der Waals surface area contributed by atoms with Crippen LogP contribution in [-0.2, 0) is 4.74 Å². The van der Waals surface area contributed by atoms with Gasteiger partial charge in [0.25, 0.3) is 0 Å². The molecule has 1 aliphatic carbocycles. The summed E-state index contributed by atoms with van der Waals surface area (Å²) in [5, 5.41) is 3.51. The number of nitrogens with one attached hydrogen (secondary N) is 1. The molecule has 2 rings (SSSR count). The monoisotopic (exact) mass is 183 g/mol. The zero-order valence-electron chi connectivity index (χ0n) is 8.64. The Bertz CT molecular complexity index is 159. The van der Waals surface area contributed by atoms with E-state index in [1.54, 1.807) is 0 Å². The third-order valence-corrected chi connectivity index (χ3v) is 3.23. The van der Waals surface area contributed by atoms with Gasteiger partial charge in [-0.05, 0) is 38.6 Å². The molecule has 0 bridgehead atoms. The van der Waals surface area contributed by atoms with Crippen molar-refractivity contribution in [3.63, 3.8) is 0 Å². The SMILES string of the molecule is CC1(CNCCC2CC2)CCCO1. The molecule has 76 valence electrons. The lowest BCUT2D eigenvalue weighted by molar-refractivity contribution is 0.0209. The van der Waals surface area contributed by atoms with Crippen molar-refractivity contribution < 1.29 is 4.74 Å². The van der Waals surface area contributed by atoms with Gasteiger partial charge in [-0.3, -0.25) is 0 Å². The van der Waals surface area contributed by atoms with Gasteiger partial charge in [-0.2, -0.15) is 0 Å². The molecule has 0 aromatic heterocycles. The first kappa shape index (κ1) is 9.47. The van der Waals surface area contributed by atoms with E-state index in [0.29, 0.717) is 0 Å². The average molecular weight is 183 g/mol. The van der Waals surface area contributed by atoms with Crippen LogP contribution in [0.1, 0.15) is 39.0 Å². The Morgan fingerprint density at radius 3 is 2.92 bits per heavy atom. The molecule has 0 aromatic rings. The number of hydrogen-bond donors (Lipinski definition) is 1. The largest absolute Gasteiger partial charge is 0.374 e. The van der Waals surface area contributed by atoms with E-state index in [2.05, 4.69) is 12.2 Å². The summed E-state index contributed by atoms with van der Waals surface area (Å²) in [5.74, 6) is 1.05. The lowest BCUT2D eigenvalue weighted by Gasteiger charge is -2.23. The molecule has 1 atom stereocenters. The molecule has 0 amide bonds. The van der Waals surface area contributed by atoms with Gasteiger partial charge in [-0.1, -0.05) is 12.8 Å². The molecule has 1 saturated heterocycles. The van der Waals surface area contributed by atoms with Crippen LogP contribution < -0.4 is 5.32 Å². The van der Waals surface area contributed by atoms with Gasteiger partial charge in [0.15, 0.2) is 0 Å². The van der Waals surface area contributed by atoms with Gasteiger partial charge in [0.2, 0.25) is 0 Å². The minimum absolute atomic E-state index is 0.142. The van der Waals surface area contributed by atoms with Crippen molar-refractivity contribution in [1.82, 2.24) is 5.32 Å². The van der Waals surface area contributed by atoms with Crippen molar-refractivity contribution in [1.29, 1.82) is 0 Å². The molecule has 1 saturated carbocycles. The van der Waals surface area contributed by atoms with E-state index >= 15 is 0 Å². The number of hydrogen-bond acceptors (Lipinski definition) is 2. The highest BCUT2D eigenvalue weighted by Gasteiger charge is 2.29. The highest BCUT2D eigenvalue weighted by atomic mass is 16.5. The molecule has 1 aliphatic heterocycles. The first-order valence-corrected chi connectivity index (χ1v) is 5.63. The summed E-state index contributed by atoms with van der Waals surface area (Å²) >= 11 is 0. The van der Waals surface area contributed by atoms with E-state index in [1.807, 2.05) is 0 Å². The van der Waals surface area contributed by atoms with Crippen molar-refractivity contribution in [3.8, 4) is 0 Å². The molecule has 0 spiro atoms. The van der Waals surface area contributed by atoms with Crippen molar-refractivity contribution in [2.75, 3.05) is 19.7 Å².